The molecule has 0 spiro atoms. The van der Waals surface area contributed by atoms with Gasteiger partial charge in [0.1, 0.15) is 11.9 Å². The van der Waals surface area contributed by atoms with Gasteiger partial charge in [-0.3, -0.25) is 4.79 Å². The fourth-order valence-electron chi connectivity index (χ4n) is 6.00. The Kier molecular flexibility index (Phi) is 7.33. The van der Waals surface area contributed by atoms with Gasteiger partial charge in [-0.25, -0.2) is 4.79 Å². The number of rotatable bonds is 6. The molecular weight excluding hydrogens is 442 g/mol. The third kappa shape index (κ3) is 5.14. The molecule has 7 heteroatoms. The summed E-state index contributed by atoms with van der Waals surface area (Å²) in [5.74, 6) is -0.417. The highest BCUT2D eigenvalue weighted by Crippen LogP contribution is 2.50. The van der Waals surface area contributed by atoms with Crippen LogP contribution in [0.1, 0.15) is 64.5 Å². The lowest BCUT2D eigenvalue weighted by Gasteiger charge is -2.36. The third-order valence-corrected chi connectivity index (χ3v) is 7.52. The van der Waals surface area contributed by atoms with Crippen molar-refractivity contribution in [2.45, 2.75) is 71.0 Å². The maximum atomic E-state index is 14.1. The van der Waals surface area contributed by atoms with E-state index in [9.17, 15) is 14.7 Å². The minimum Gasteiger partial charge on any atom is -0.481 e. The van der Waals surface area contributed by atoms with E-state index < -0.39 is 23.5 Å². The molecule has 2 N–H and O–H groups in total. The van der Waals surface area contributed by atoms with Gasteiger partial charge in [-0.15, -0.1) is 0 Å². The molecule has 7 nitrogen and oxygen atoms in total. The summed E-state index contributed by atoms with van der Waals surface area (Å²) in [4.78, 5) is 33.2. The normalized spacial score (nSPS) is 25.3. The topological polar surface area (TPSA) is 91.8 Å². The number of amides is 1. The van der Waals surface area contributed by atoms with Crippen molar-refractivity contribution in [2.24, 2.45) is 17.3 Å². The van der Waals surface area contributed by atoms with Crippen molar-refractivity contribution in [2.75, 3.05) is 12.4 Å². The summed E-state index contributed by atoms with van der Waals surface area (Å²) in [7, 11) is 1.57. The van der Waals surface area contributed by atoms with E-state index in [1.165, 1.54) is 0 Å². The Labute approximate surface area is 207 Å². The zero-order valence-corrected chi connectivity index (χ0v) is 21.1. The molecule has 2 heterocycles. The Morgan fingerprint density at radius 1 is 1.03 bits per heavy atom. The number of pyridine rings is 1. The number of nitrogens with one attached hydrogen (secondary N) is 1. The van der Waals surface area contributed by atoms with Crippen molar-refractivity contribution in [3.05, 3.63) is 54.1 Å². The Hall–Kier alpha value is -3.09. The molecule has 1 aliphatic heterocycles. The van der Waals surface area contributed by atoms with E-state index in [-0.39, 0.29) is 23.8 Å². The van der Waals surface area contributed by atoms with Crippen molar-refractivity contribution < 1.29 is 19.4 Å². The summed E-state index contributed by atoms with van der Waals surface area (Å²) < 4.78 is 5.31. The van der Waals surface area contributed by atoms with Crippen LogP contribution in [0.15, 0.2) is 48.5 Å². The molecule has 1 aliphatic carbocycles. The van der Waals surface area contributed by atoms with Crippen LogP contribution in [0.4, 0.5) is 5.82 Å². The first-order chi connectivity index (χ1) is 16.7. The smallest absolute Gasteiger partial charge is 0.326 e. The number of aliphatic carboxylic acids is 1. The second-order valence-electron chi connectivity index (χ2n) is 10.8. The fraction of sp³-hybridized carbons (Fsp3) is 0.536. The highest BCUT2D eigenvalue weighted by Gasteiger charge is 2.58. The van der Waals surface area contributed by atoms with E-state index in [0.29, 0.717) is 11.7 Å². The molecule has 2 fully saturated rings. The largest absolute Gasteiger partial charge is 0.481 e. The number of anilines is 1. The number of methoxy groups -OCH3 is 1. The van der Waals surface area contributed by atoms with E-state index >= 15 is 0 Å². The van der Waals surface area contributed by atoms with Gasteiger partial charge < -0.3 is 20.1 Å². The summed E-state index contributed by atoms with van der Waals surface area (Å²) in [6, 6.07) is 13.5. The Morgan fingerprint density at radius 2 is 1.71 bits per heavy atom. The maximum absolute atomic E-state index is 14.1. The number of hydrogen-bond acceptors (Lipinski definition) is 5. The number of carboxylic acids is 1. The molecular formula is C28H37N3O4. The van der Waals surface area contributed by atoms with E-state index in [0.717, 1.165) is 37.7 Å². The molecule has 1 aromatic heterocycles. The number of aromatic nitrogens is 1. The van der Waals surface area contributed by atoms with Crippen molar-refractivity contribution in [3.63, 3.8) is 0 Å². The minimum atomic E-state index is -0.960. The molecule has 0 radical (unpaired) electrons. The fourth-order valence-corrected chi connectivity index (χ4v) is 6.00. The predicted molar refractivity (Wildman–Crippen MR) is 135 cm³/mol. The Balaban J connectivity index is 1.85. The number of ether oxygens (including phenoxy) is 1. The molecule has 1 saturated heterocycles. The molecule has 4 rings (SSSR count). The van der Waals surface area contributed by atoms with Crippen LogP contribution >= 0.6 is 0 Å². The van der Waals surface area contributed by atoms with E-state index in [4.69, 9.17) is 4.74 Å². The first kappa shape index (κ1) is 25.0. The van der Waals surface area contributed by atoms with Crippen LogP contribution in [0, 0.1) is 17.3 Å². The highest BCUT2D eigenvalue weighted by atomic mass is 16.5. The van der Waals surface area contributed by atoms with Crippen LogP contribution in [0.5, 0.6) is 5.88 Å². The van der Waals surface area contributed by atoms with Gasteiger partial charge >= 0.3 is 5.97 Å². The van der Waals surface area contributed by atoms with Crippen LogP contribution in [0.3, 0.4) is 0 Å². The average Bonchev–Trinajstić information content (AvgIpc) is 3.20. The highest BCUT2D eigenvalue weighted by molar-refractivity contribution is 5.87. The predicted octanol–water partition coefficient (Wildman–Crippen LogP) is 5.15. The van der Waals surface area contributed by atoms with Crippen LogP contribution in [0.2, 0.25) is 0 Å². The number of carbonyl (C=O) groups excluding carboxylic acids is 1. The second-order valence-corrected chi connectivity index (χ2v) is 10.8. The molecule has 35 heavy (non-hydrogen) atoms. The van der Waals surface area contributed by atoms with Gasteiger partial charge in [0.2, 0.25) is 11.8 Å². The maximum Gasteiger partial charge on any atom is 0.326 e. The monoisotopic (exact) mass is 479 g/mol. The van der Waals surface area contributed by atoms with Gasteiger partial charge in [0, 0.05) is 17.9 Å². The first-order valence-electron chi connectivity index (χ1n) is 12.6. The summed E-state index contributed by atoms with van der Waals surface area (Å²) >= 11 is 0. The molecule has 1 saturated carbocycles. The molecule has 188 valence electrons. The molecule has 2 aliphatic rings. The molecule has 4 atom stereocenters. The lowest BCUT2D eigenvalue weighted by molar-refractivity contribution is -0.154. The summed E-state index contributed by atoms with van der Waals surface area (Å²) in [5.41, 5.74) is 0.531. The second kappa shape index (κ2) is 10.3. The first-order valence-corrected chi connectivity index (χ1v) is 12.6. The zero-order valence-electron chi connectivity index (χ0n) is 21.1. The molecule has 1 amide bonds. The lowest BCUT2D eigenvalue weighted by Crippen LogP contribution is -2.49. The SMILES string of the molecule is COc1cccc(N[C@@H]2[C@@H](C(C)(C)C)[C@H](C(=O)O)N(C(=O)C3CCCCC3)[C@@H]2c2ccccc2)n1. The number of hydrogen-bond donors (Lipinski definition) is 2. The van der Waals surface area contributed by atoms with Gasteiger partial charge in [0.15, 0.2) is 0 Å². The van der Waals surface area contributed by atoms with E-state index in [2.05, 4.69) is 31.1 Å². The lowest BCUT2D eigenvalue weighted by atomic mass is 9.72. The summed E-state index contributed by atoms with van der Waals surface area (Å²) in [6.45, 7) is 6.16. The standard InChI is InChI=1S/C28H37N3O4/c1-28(2,3)22-23(30-20-16-11-17-21(29-20)35-4)24(18-12-7-5-8-13-18)31(25(22)27(33)34)26(32)19-14-9-6-10-15-19/h5,7-8,11-13,16-17,19,22-25H,6,9-10,14-15H2,1-4H3,(H,29,30)(H,33,34)/t22-,23-,24-,25-/m1/s1. The van der Waals surface area contributed by atoms with E-state index in [1.807, 2.05) is 42.5 Å². The van der Waals surface area contributed by atoms with Crippen LogP contribution in [-0.2, 0) is 9.59 Å². The Morgan fingerprint density at radius 3 is 2.31 bits per heavy atom. The van der Waals surface area contributed by atoms with Gasteiger partial charge in [-0.1, -0.05) is 76.4 Å². The number of nitrogens with zero attached hydrogens (tertiary/aromatic N) is 2. The Bertz CT molecular complexity index is 1030. The van der Waals surface area contributed by atoms with Crippen LogP contribution in [0.25, 0.3) is 0 Å². The average molecular weight is 480 g/mol. The number of carboxylic acid groups (broad SMARTS) is 1. The number of benzene rings is 1. The van der Waals surface area contributed by atoms with Crippen molar-refractivity contribution in [1.29, 1.82) is 0 Å². The quantitative estimate of drug-likeness (QED) is 0.595. The third-order valence-electron chi connectivity index (χ3n) is 7.52. The van der Waals surface area contributed by atoms with E-state index in [1.54, 1.807) is 18.1 Å². The number of likely N-dealkylation sites (tertiary alicyclic amines) is 1. The van der Waals surface area contributed by atoms with Gasteiger partial charge in [-0.05, 0) is 29.9 Å². The zero-order chi connectivity index (χ0) is 25.2. The van der Waals surface area contributed by atoms with Gasteiger partial charge in [-0.2, -0.15) is 4.98 Å². The molecule has 0 bridgehead atoms. The van der Waals surface area contributed by atoms with Gasteiger partial charge in [0.05, 0.1) is 19.2 Å². The van der Waals surface area contributed by atoms with Crippen LogP contribution in [-0.4, -0.2) is 46.1 Å². The number of carbonyl (C=O) groups is 2. The van der Waals surface area contributed by atoms with Crippen molar-refractivity contribution in [3.8, 4) is 5.88 Å². The molecule has 1 aromatic carbocycles. The minimum absolute atomic E-state index is 0.0388. The van der Waals surface area contributed by atoms with Crippen molar-refractivity contribution >= 4 is 17.7 Å². The molecule has 0 unspecified atom stereocenters. The van der Waals surface area contributed by atoms with Gasteiger partial charge in [0.25, 0.3) is 0 Å². The summed E-state index contributed by atoms with van der Waals surface area (Å²) in [5, 5.41) is 14.1. The molecule has 2 aromatic rings. The van der Waals surface area contributed by atoms with Crippen molar-refractivity contribution in [1.82, 2.24) is 9.88 Å². The summed E-state index contributed by atoms with van der Waals surface area (Å²) in [6.07, 6.45) is 4.79. The van der Waals surface area contributed by atoms with Crippen LogP contribution < -0.4 is 10.1 Å².